The van der Waals surface area contributed by atoms with Crippen molar-refractivity contribution in [1.29, 1.82) is 0 Å². The van der Waals surface area contributed by atoms with Gasteiger partial charge in [-0.05, 0) is 66.2 Å². The minimum atomic E-state index is -0.254. The van der Waals surface area contributed by atoms with E-state index < -0.39 is 0 Å². The second-order valence-electron chi connectivity index (χ2n) is 4.56. The molecule has 20 heavy (non-hydrogen) atoms. The largest absolute Gasteiger partial charge is 0.406 e. The molecule has 1 unspecified atom stereocenters. The molecule has 0 aliphatic carbocycles. The molecular formula is C13H13IN4O2. The van der Waals surface area contributed by atoms with Crippen LogP contribution in [0.4, 0.5) is 6.01 Å². The number of amides is 1. The topological polar surface area (TPSA) is 80.0 Å². The van der Waals surface area contributed by atoms with Gasteiger partial charge in [0.05, 0.1) is 6.04 Å². The van der Waals surface area contributed by atoms with Crippen molar-refractivity contribution in [2.24, 2.45) is 0 Å². The molecule has 3 rings (SSSR count). The number of carbonyl (C=O) groups excluding carboxylic acids is 1. The Labute approximate surface area is 129 Å². The van der Waals surface area contributed by atoms with E-state index in [1.807, 2.05) is 12.1 Å². The Kier molecular flexibility index (Phi) is 3.97. The van der Waals surface area contributed by atoms with Crippen LogP contribution in [0.2, 0.25) is 0 Å². The molecule has 6 nitrogen and oxygen atoms in total. The minimum absolute atomic E-state index is 0.103. The third-order valence-corrected chi connectivity index (χ3v) is 3.85. The zero-order valence-corrected chi connectivity index (χ0v) is 12.8. The number of anilines is 1. The summed E-state index contributed by atoms with van der Waals surface area (Å²) in [5, 5.41) is 13.7. The van der Waals surface area contributed by atoms with Crippen molar-refractivity contribution in [2.45, 2.75) is 18.9 Å². The SMILES string of the molecule is O=C(Nc1nnc(C2CCCN2)o1)c1ccc(I)cc1. The maximum Gasteiger partial charge on any atom is 0.322 e. The zero-order valence-electron chi connectivity index (χ0n) is 10.6. The van der Waals surface area contributed by atoms with Gasteiger partial charge in [0.1, 0.15) is 0 Å². The van der Waals surface area contributed by atoms with Gasteiger partial charge < -0.3 is 9.73 Å². The Morgan fingerprint density at radius 2 is 2.15 bits per heavy atom. The summed E-state index contributed by atoms with van der Waals surface area (Å²) in [5.74, 6) is 0.274. The maximum atomic E-state index is 12.0. The summed E-state index contributed by atoms with van der Waals surface area (Å²) >= 11 is 2.19. The van der Waals surface area contributed by atoms with Crippen molar-refractivity contribution in [3.05, 3.63) is 39.3 Å². The highest BCUT2D eigenvalue weighted by atomic mass is 127. The van der Waals surface area contributed by atoms with Crippen LogP contribution in [0.25, 0.3) is 0 Å². The van der Waals surface area contributed by atoms with Gasteiger partial charge >= 0.3 is 6.01 Å². The number of benzene rings is 1. The van der Waals surface area contributed by atoms with Crippen LogP contribution in [0.1, 0.15) is 35.1 Å². The normalized spacial score (nSPS) is 18.1. The molecule has 1 amide bonds. The van der Waals surface area contributed by atoms with Gasteiger partial charge in [-0.2, -0.15) is 0 Å². The quantitative estimate of drug-likeness (QED) is 0.795. The summed E-state index contributed by atoms with van der Waals surface area (Å²) in [5.41, 5.74) is 0.559. The van der Waals surface area contributed by atoms with Crippen LogP contribution in [-0.2, 0) is 0 Å². The highest BCUT2D eigenvalue weighted by molar-refractivity contribution is 14.1. The number of nitrogens with zero attached hydrogens (tertiary/aromatic N) is 2. The Morgan fingerprint density at radius 1 is 1.35 bits per heavy atom. The van der Waals surface area contributed by atoms with Crippen molar-refractivity contribution >= 4 is 34.5 Å². The summed E-state index contributed by atoms with van der Waals surface area (Å²) < 4.78 is 6.54. The highest BCUT2D eigenvalue weighted by Gasteiger charge is 2.22. The molecule has 2 N–H and O–H groups in total. The summed E-state index contributed by atoms with van der Waals surface area (Å²) in [7, 11) is 0. The van der Waals surface area contributed by atoms with E-state index in [9.17, 15) is 4.79 Å². The second kappa shape index (κ2) is 5.88. The van der Waals surface area contributed by atoms with Gasteiger partial charge in [-0.15, -0.1) is 5.10 Å². The van der Waals surface area contributed by atoms with Crippen LogP contribution in [0.3, 0.4) is 0 Å². The average Bonchev–Trinajstić information content (AvgIpc) is 3.09. The first-order valence-corrected chi connectivity index (χ1v) is 7.44. The Hall–Kier alpha value is -1.48. The molecule has 1 fully saturated rings. The molecule has 1 aliphatic rings. The fourth-order valence-corrected chi connectivity index (χ4v) is 2.45. The van der Waals surface area contributed by atoms with Crippen molar-refractivity contribution in [3.63, 3.8) is 0 Å². The lowest BCUT2D eigenvalue weighted by molar-refractivity contribution is 0.102. The molecule has 1 aromatic carbocycles. The molecule has 0 spiro atoms. The maximum absolute atomic E-state index is 12.0. The predicted molar refractivity (Wildman–Crippen MR) is 81.4 cm³/mol. The molecule has 1 aromatic heterocycles. The Bertz CT molecular complexity index is 605. The number of hydrogen-bond acceptors (Lipinski definition) is 5. The van der Waals surface area contributed by atoms with Crippen molar-refractivity contribution < 1.29 is 9.21 Å². The first-order chi connectivity index (χ1) is 9.72. The predicted octanol–water partition coefficient (Wildman–Crippen LogP) is 2.35. The first kappa shape index (κ1) is 13.5. The van der Waals surface area contributed by atoms with Crippen LogP contribution in [0.15, 0.2) is 28.7 Å². The molecule has 0 bridgehead atoms. The van der Waals surface area contributed by atoms with Gasteiger partial charge in [-0.25, -0.2) is 0 Å². The number of rotatable bonds is 3. The average molecular weight is 384 g/mol. The molecule has 0 radical (unpaired) electrons. The second-order valence-corrected chi connectivity index (χ2v) is 5.80. The van der Waals surface area contributed by atoms with Gasteiger partial charge in [0.2, 0.25) is 5.89 Å². The third-order valence-electron chi connectivity index (χ3n) is 3.13. The van der Waals surface area contributed by atoms with E-state index in [0.717, 1.165) is 23.0 Å². The molecule has 1 saturated heterocycles. The van der Waals surface area contributed by atoms with Crippen LogP contribution < -0.4 is 10.6 Å². The van der Waals surface area contributed by atoms with E-state index in [2.05, 4.69) is 43.4 Å². The summed E-state index contributed by atoms with van der Waals surface area (Å²) in [6.45, 7) is 0.956. The molecule has 2 aromatic rings. The lowest BCUT2D eigenvalue weighted by Crippen LogP contribution is -2.13. The first-order valence-electron chi connectivity index (χ1n) is 6.36. The number of halogens is 1. The smallest absolute Gasteiger partial charge is 0.322 e. The minimum Gasteiger partial charge on any atom is -0.406 e. The van der Waals surface area contributed by atoms with E-state index in [0.29, 0.717) is 11.5 Å². The zero-order chi connectivity index (χ0) is 13.9. The highest BCUT2D eigenvalue weighted by Crippen LogP contribution is 2.23. The molecule has 1 atom stereocenters. The third kappa shape index (κ3) is 2.98. The number of aromatic nitrogens is 2. The van der Waals surface area contributed by atoms with Crippen LogP contribution in [0, 0.1) is 3.57 Å². The van der Waals surface area contributed by atoms with Gasteiger partial charge in [0.25, 0.3) is 5.91 Å². The van der Waals surface area contributed by atoms with Crippen LogP contribution in [-0.4, -0.2) is 22.6 Å². The standard InChI is InChI=1S/C13H13IN4O2/c14-9-5-3-8(4-6-9)11(19)16-13-18-17-12(20-13)10-2-1-7-15-10/h3-6,10,15H,1-2,7H2,(H,16,18,19). The van der Waals surface area contributed by atoms with Crippen molar-refractivity contribution in [1.82, 2.24) is 15.5 Å². The van der Waals surface area contributed by atoms with E-state index in [1.165, 1.54) is 0 Å². The van der Waals surface area contributed by atoms with Gasteiger partial charge in [0, 0.05) is 9.13 Å². The lowest BCUT2D eigenvalue weighted by atomic mass is 10.2. The van der Waals surface area contributed by atoms with Gasteiger partial charge in [-0.3, -0.25) is 10.1 Å². The van der Waals surface area contributed by atoms with Gasteiger partial charge in [-0.1, -0.05) is 5.10 Å². The molecule has 104 valence electrons. The monoisotopic (exact) mass is 384 g/mol. The van der Waals surface area contributed by atoms with Crippen LogP contribution >= 0.6 is 22.6 Å². The van der Waals surface area contributed by atoms with Crippen LogP contribution in [0.5, 0.6) is 0 Å². The lowest BCUT2D eigenvalue weighted by Gasteiger charge is -2.03. The number of carbonyl (C=O) groups is 1. The molecule has 1 aliphatic heterocycles. The molecule has 2 heterocycles. The fourth-order valence-electron chi connectivity index (χ4n) is 2.09. The Morgan fingerprint density at radius 3 is 2.85 bits per heavy atom. The van der Waals surface area contributed by atoms with E-state index in [4.69, 9.17) is 4.42 Å². The van der Waals surface area contributed by atoms with E-state index in [1.54, 1.807) is 12.1 Å². The van der Waals surface area contributed by atoms with Crippen molar-refractivity contribution in [2.75, 3.05) is 11.9 Å². The van der Waals surface area contributed by atoms with Crippen molar-refractivity contribution in [3.8, 4) is 0 Å². The molecule has 0 saturated carbocycles. The summed E-state index contributed by atoms with van der Waals surface area (Å²) in [6, 6.07) is 7.50. The van der Waals surface area contributed by atoms with E-state index >= 15 is 0 Å². The molecule has 7 heteroatoms. The summed E-state index contributed by atoms with van der Waals surface area (Å²) in [6.07, 6.45) is 2.07. The van der Waals surface area contributed by atoms with E-state index in [-0.39, 0.29) is 18.0 Å². The number of hydrogen-bond donors (Lipinski definition) is 2. The Balaban J connectivity index is 1.68. The number of nitrogens with one attached hydrogen (secondary N) is 2. The summed E-state index contributed by atoms with van der Waals surface area (Å²) in [4.78, 5) is 12.0. The van der Waals surface area contributed by atoms with Gasteiger partial charge in [0.15, 0.2) is 0 Å². The fraction of sp³-hybridized carbons (Fsp3) is 0.308. The molecular weight excluding hydrogens is 371 g/mol.